The molecule has 0 amide bonds. The van der Waals surface area contributed by atoms with Gasteiger partial charge in [-0.15, -0.1) is 12.3 Å². The molecule has 0 aliphatic rings. The summed E-state index contributed by atoms with van der Waals surface area (Å²) >= 11 is 0. The summed E-state index contributed by atoms with van der Waals surface area (Å²) < 4.78 is 18.2. The third-order valence-electron chi connectivity index (χ3n) is 1.82. The Balaban J connectivity index is 2.95. The number of hydrogen-bond donors (Lipinski definition) is 0. The summed E-state index contributed by atoms with van der Waals surface area (Å²) in [5.74, 6) is 2.78. The second kappa shape index (κ2) is 4.51. The van der Waals surface area contributed by atoms with Crippen LogP contribution in [0.2, 0.25) is 0 Å². The van der Waals surface area contributed by atoms with E-state index in [9.17, 15) is 4.39 Å². The van der Waals surface area contributed by atoms with Crippen LogP contribution in [0, 0.1) is 18.2 Å². The van der Waals surface area contributed by atoms with Crippen molar-refractivity contribution in [3.8, 4) is 18.1 Å². The first kappa shape index (κ1) is 9.60. The molecule has 0 heterocycles. The SMILES string of the molecule is C#CCCc1c(F)cccc1OC. The normalized spacial score (nSPS) is 9.31. The predicted octanol–water partition coefficient (Wildman–Crippen LogP) is 2.40. The molecule has 0 saturated heterocycles. The highest BCUT2D eigenvalue weighted by Crippen LogP contribution is 2.22. The van der Waals surface area contributed by atoms with Crippen LogP contribution in [0.25, 0.3) is 0 Å². The van der Waals surface area contributed by atoms with Crippen molar-refractivity contribution in [3.05, 3.63) is 29.6 Å². The molecule has 0 aliphatic carbocycles. The van der Waals surface area contributed by atoms with E-state index in [0.29, 0.717) is 24.2 Å². The number of rotatable bonds is 3. The maximum absolute atomic E-state index is 13.2. The maximum atomic E-state index is 13.2. The molecule has 0 N–H and O–H groups in total. The van der Waals surface area contributed by atoms with Gasteiger partial charge in [-0.2, -0.15) is 0 Å². The summed E-state index contributed by atoms with van der Waals surface area (Å²) in [5, 5.41) is 0. The smallest absolute Gasteiger partial charge is 0.130 e. The second-order valence-electron chi connectivity index (χ2n) is 2.62. The van der Waals surface area contributed by atoms with Gasteiger partial charge in [0.1, 0.15) is 11.6 Å². The van der Waals surface area contributed by atoms with E-state index >= 15 is 0 Å². The highest BCUT2D eigenvalue weighted by molar-refractivity contribution is 5.35. The Morgan fingerprint density at radius 3 is 2.92 bits per heavy atom. The number of benzene rings is 1. The van der Waals surface area contributed by atoms with Gasteiger partial charge in [0, 0.05) is 12.0 Å². The molecular formula is C11H11FO. The molecule has 1 aromatic rings. The van der Waals surface area contributed by atoms with Crippen molar-refractivity contribution in [1.82, 2.24) is 0 Å². The quantitative estimate of drug-likeness (QED) is 0.646. The zero-order chi connectivity index (χ0) is 9.68. The van der Waals surface area contributed by atoms with Crippen LogP contribution in [0.15, 0.2) is 18.2 Å². The number of methoxy groups -OCH3 is 1. The van der Waals surface area contributed by atoms with Crippen LogP contribution in [0.5, 0.6) is 5.75 Å². The summed E-state index contributed by atoms with van der Waals surface area (Å²) in [6.45, 7) is 0. The Hall–Kier alpha value is -1.49. The molecule has 0 aromatic heterocycles. The third-order valence-corrected chi connectivity index (χ3v) is 1.82. The lowest BCUT2D eigenvalue weighted by atomic mass is 10.1. The minimum atomic E-state index is -0.255. The monoisotopic (exact) mass is 178 g/mol. The van der Waals surface area contributed by atoms with Crippen LogP contribution >= 0.6 is 0 Å². The molecule has 0 fully saturated rings. The fourth-order valence-corrected chi connectivity index (χ4v) is 1.17. The first-order chi connectivity index (χ1) is 6.29. The Morgan fingerprint density at radius 1 is 1.54 bits per heavy atom. The first-order valence-electron chi connectivity index (χ1n) is 4.04. The van der Waals surface area contributed by atoms with Crippen molar-refractivity contribution in [3.63, 3.8) is 0 Å². The van der Waals surface area contributed by atoms with E-state index in [1.807, 2.05) is 0 Å². The number of hydrogen-bond acceptors (Lipinski definition) is 1. The number of terminal acetylenes is 1. The van der Waals surface area contributed by atoms with E-state index < -0.39 is 0 Å². The van der Waals surface area contributed by atoms with Gasteiger partial charge in [0.25, 0.3) is 0 Å². The lowest BCUT2D eigenvalue weighted by molar-refractivity contribution is 0.404. The molecule has 0 bridgehead atoms. The molecular weight excluding hydrogens is 167 g/mol. The molecule has 2 heteroatoms. The lowest BCUT2D eigenvalue weighted by Crippen LogP contribution is -1.95. The molecule has 0 unspecified atom stereocenters. The Kier molecular flexibility index (Phi) is 3.33. The molecule has 1 aromatic carbocycles. The average molecular weight is 178 g/mol. The maximum Gasteiger partial charge on any atom is 0.130 e. The van der Waals surface area contributed by atoms with Crippen LogP contribution < -0.4 is 4.74 Å². The summed E-state index contributed by atoms with van der Waals surface area (Å²) in [7, 11) is 1.52. The summed E-state index contributed by atoms with van der Waals surface area (Å²) in [4.78, 5) is 0. The minimum Gasteiger partial charge on any atom is -0.496 e. The lowest BCUT2D eigenvalue weighted by Gasteiger charge is -2.07. The number of ether oxygens (including phenoxy) is 1. The van der Waals surface area contributed by atoms with E-state index in [1.54, 1.807) is 12.1 Å². The zero-order valence-electron chi connectivity index (χ0n) is 7.51. The van der Waals surface area contributed by atoms with Crippen LogP contribution in [0.1, 0.15) is 12.0 Å². The molecule has 0 radical (unpaired) electrons. The number of halogens is 1. The molecule has 0 aliphatic heterocycles. The van der Waals surface area contributed by atoms with Crippen molar-refractivity contribution in [1.29, 1.82) is 0 Å². The minimum absolute atomic E-state index is 0.255. The standard InChI is InChI=1S/C11H11FO/c1-3-4-6-9-10(12)7-5-8-11(9)13-2/h1,5,7-8H,4,6H2,2H3. The average Bonchev–Trinajstić information content (AvgIpc) is 2.15. The molecule has 1 rings (SSSR count). The van der Waals surface area contributed by atoms with E-state index in [4.69, 9.17) is 11.2 Å². The zero-order valence-corrected chi connectivity index (χ0v) is 7.51. The second-order valence-corrected chi connectivity index (χ2v) is 2.62. The van der Waals surface area contributed by atoms with E-state index in [2.05, 4.69) is 5.92 Å². The van der Waals surface area contributed by atoms with Crippen molar-refractivity contribution >= 4 is 0 Å². The summed E-state index contributed by atoms with van der Waals surface area (Å²) in [5.41, 5.74) is 0.558. The molecule has 0 atom stereocenters. The molecule has 13 heavy (non-hydrogen) atoms. The van der Waals surface area contributed by atoms with Gasteiger partial charge in [0.2, 0.25) is 0 Å². The fourth-order valence-electron chi connectivity index (χ4n) is 1.17. The van der Waals surface area contributed by atoms with Gasteiger partial charge in [-0.25, -0.2) is 4.39 Å². The van der Waals surface area contributed by atoms with Gasteiger partial charge < -0.3 is 4.74 Å². The summed E-state index contributed by atoms with van der Waals surface area (Å²) in [6.07, 6.45) is 6.15. The Bertz CT molecular complexity index is 325. The highest BCUT2D eigenvalue weighted by Gasteiger charge is 2.07. The van der Waals surface area contributed by atoms with E-state index in [-0.39, 0.29) is 5.82 Å². The Labute approximate surface area is 77.5 Å². The van der Waals surface area contributed by atoms with Crippen molar-refractivity contribution < 1.29 is 9.13 Å². The van der Waals surface area contributed by atoms with Gasteiger partial charge >= 0.3 is 0 Å². The topological polar surface area (TPSA) is 9.23 Å². The van der Waals surface area contributed by atoms with Gasteiger partial charge in [0.15, 0.2) is 0 Å². The highest BCUT2D eigenvalue weighted by atomic mass is 19.1. The Morgan fingerprint density at radius 2 is 2.31 bits per heavy atom. The van der Waals surface area contributed by atoms with Crippen LogP contribution in [-0.2, 0) is 6.42 Å². The van der Waals surface area contributed by atoms with Crippen LogP contribution in [0.3, 0.4) is 0 Å². The van der Waals surface area contributed by atoms with Gasteiger partial charge in [0.05, 0.1) is 7.11 Å². The van der Waals surface area contributed by atoms with Gasteiger partial charge in [-0.1, -0.05) is 6.07 Å². The molecule has 68 valence electrons. The van der Waals surface area contributed by atoms with Crippen molar-refractivity contribution in [2.75, 3.05) is 7.11 Å². The molecule has 1 nitrogen and oxygen atoms in total. The predicted molar refractivity (Wildman–Crippen MR) is 50.1 cm³/mol. The first-order valence-corrected chi connectivity index (χ1v) is 4.04. The van der Waals surface area contributed by atoms with Crippen molar-refractivity contribution in [2.24, 2.45) is 0 Å². The molecule has 0 saturated carbocycles. The van der Waals surface area contributed by atoms with Crippen LogP contribution in [-0.4, -0.2) is 7.11 Å². The van der Waals surface area contributed by atoms with E-state index in [1.165, 1.54) is 13.2 Å². The third kappa shape index (κ3) is 2.22. The van der Waals surface area contributed by atoms with Crippen LogP contribution in [0.4, 0.5) is 4.39 Å². The summed E-state index contributed by atoms with van der Waals surface area (Å²) in [6, 6.07) is 4.76. The van der Waals surface area contributed by atoms with Crippen molar-refractivity contribution in [2.45, 2.75) is 12.8 Å². The largest absolute Gasteiger partial charge is 0.496 e. The molecule has 0 spiro atoms. The van der Waals surface area contributed by atoms with Gasteiger partial charge in [-0.3, -0.25) is 0 Å². The fraction of sp³-hybridized carbons (Fsp3) is 0.273. The van der Waals surface area contributed by atoms with E-state index in [0.717, 1.165) is 0 Å². The van der Waals surface area contributed by atoms with Gasteiger partial charge in [-0.05, 0) is 18.6 Å².